The highest BCUT2D eigenvalue weighted by molar-refractivity contribution is 7.74. The predicted octanol–water partition coefficient (Wildman–Crippen LogP) is 6.64. The zero-order chi connectivity index (χ0) is 65.9. The Kier molecular flexibility index (Phi) is 67.3. The summed E-state index contributed by atoms with van der Waals surface area (Å²) in [6, 6.07) is 0. The van der Waals surface area contributed by atoms with Crippen molar-refractivity contribution >= 4 is 38.8 Å². The van der Waals surface area contributed by atoms with E-state index in [4.69, 9.17) is 158 Å². The summed E-state index contributed by atoms with van der Waals surface area (Å²) >= 11 is 0. The number of nitrogens with zero attached hydrogens (tertiary/aromatic N) is 4. The van der Waals surface area contributed by atoms with E-state index < -0.39 is 38.8 Å². The molecule has 0 aromatic heterocycles. The maximum atomic E-state index is 10.1. The Morgan fingerprint density at radius 2 is 0.389 bits per heavy atom. The van der Waals surface area contributed by atoms with E-state index in [2.05, 4.69) is 0 Å². The molecular formula is C50H111N5O30P5+. The van der Waals surface area contributed by atoms with Crippen LogP contribution < -0.4 is 0 Å². The number of hydrogen-bond donors (Lipinski definition) is 1. The van der Waals surface area contributed by atoms with Gasteiger partial charge in [-0.25, -0.2) is 5.16 Å². The van der Waals surface area contributed by atoms with Gasteiger partial charge >= 0.3 is 38.8 Å². The smallest absolute Gasteiger partial charge is 0.382 e. The summed E-state index contributed by atoms with van der Waals surface area (Å²) in [6.45, 7) is 3.00. The van der Waals surface area contributed by atoms with Crippen molar-refractivity contribution in [3.05, 3.63) is 0 Å². The zero-order valence-electron chi connectivity index (χ0n) is 55.1. The molecule has 0 heterocycles. The molecule has 0 spiro atoms. The number of hydrogen-bond acceptors (Lipinski definition) is 31. The van der Waals surface area contributed by atoms with Gasteiger partial charge in [-0.3, -0.25) is 0 Å². The third-order valence-corrected chi connectivity index (χ3v) is 21.9. The Balaban J connectivity index is 9.82. The quantitative estimate of drug-likeness (QED) is 0.0492. The van der Waals surface area contributed by atoms with Gasteiger partial charge in [0.25, 0.3) is 0 Å². The molecule has 0 saturated carbocycles. The van der Waals surface area contributed by atoms with Crippen molar-refractivity contribution in [2.75, 3.05) is 335 Å². The van der Waals surface area contributed by atoms with Crippen molar-refractivity contribution in [3.8, 4) is 0 Å². The zero-order valence-corrected chi connectivity index (χ0v) is 59.5. The van der Waals surface area contributed by atoms with E-state index in [0.29, 0.717) is 26.4 Å². The lowest BCUT2D eigenvalue weighted by Gasteiger charge is -2.29. The highest BCUT2D eigenvalue weighted by atomic mass is 31.3. The van der Waals surface area contributed by atoms with E-state index in [1.165, 1.54) is 0 Å². The number of ether oxygens (including phenoxy) is 20. The molecule has 0 atom stereocenters. The molecule has 0 amide bonds. The summed E-state index contributed by atoms with van der Waals surface area (Å²) in [7, 11) is -5.01. The Hall–Kier alpha value is -0.180. The molecular weight excluding hydrogens is 1310 g/mol. The molecule has 0 aliphatic carbocycles. The molecule has 0 aliphatic rings. The second-order valence-electron chi connectivity index (χ2n) is 17.0. The summed E-state index contributed by atoms with van der Waals surface area (Å²) in [5, 5.41) is 10.1. The molecule has 0 rings (SSSR count). The molecule has 0 unspecified atom stereocenters. The largest absolute Gasteiger partial charge is 0.569 e. The maximum absolute atomic E-state index is 10.1. The number of rotatable bonds is 74. The van der Waals surface area contributed by atoms with Crippen LogP contribution in [-0.4, -0.2) is 335 Å². The Morgan fingerprint density at radius 3 is 0.622 bits per heavy atom. The average molecular weight is 1420 g/mol. The van der Waals surface area contributed by atoms with Crippen LogP contribution in [0.25, 0.3) is 0 Å². The van der Waals surface area contributed by atoms with Gasteiger partial charge in [0.05, 0.1) is 256 Å². The molecule has 0 radical (unpaired) electrons. The van der Waals surface area contributed by atoms with Crippen LogP contribution in [0.1, 0.15) is 0 Å². The van der Waals surface area contributed by atoms with Gasteiger partial charge in [0, 0.05) is 71.1 Å². The van der Waals surface area contributed by atoms with Crippen LogP contribution in [0.4, 0.5) is 0 Å². The van der Waals surface area contributed by atoms with Crippen LogP contribution in [0.2, 0.25) is 0 Å². The Morgan fingerprint density at radius 1 is 0.211 bits per heavy atom. The van der Waals surface area contributed by atoms with Crippen LogP contribution in [0.3, 0.4) is 0 Å². The molecule has 0 saturated heterocycles. The van der Waals surface area contributed by atoms with Gasteiger partial charge in [-0.2, -0.15) is 0 Å². The van der Waals surface area contributed by atoms with Gasteiger partial charge in [0.2, 0.25) is 0 Å². The first-order chi connectivity index (χ1) is 44.1. The second-order valence-corrected chi connectivity index (χ2v) is 26.9. The van der Waals surface area contributed by atoms with E-state index in [1.807, 2.05) is 0 Å². The molecule has 90 heavy (non-hydrogen) atoms. The van der Waals surface area contributed by atoms with Gasteiger partial charge in [-0.15, -0.1) is 22.6 Å². The van der Waals surface area contributed by atoms with Crippen LogP contribution in [0.15, 0.2) is 18.1 Å². The van der Waals surface area contributed by atoms with Crippen molar-refractivity contribution in [3.63, 3.8) is 0 Å². The lowest BCUT2D eigenvalue weighted by molar-refractivity contribution is 0.0413. The topological polar surface area (TPSA) is 350 Å². The Bertz CT molecular complexity index is 1720. The first kappa shape index (κ1) is 89.8. The van der Waals surface area contributed by atoms with Crippen molar-refractivity contribution < 1.29 is 140 Å². The molecule has 0 aromatic rings. The van der Waals surface area contributed by atoms with Crippen molar-refractivity contribution in [2.45, 2.75) is 0 Å². The third kappa shape index (κ3) is 53.9. The van der Waals surface area contributed by atoms with Crippen molar-refractivity contribution in [1.82, 2.24) is 0 Å². The normalized spacial score (nSPS) is 12.4. The standard InChI is InChI=1S/C50H111N5O30P5/c1-56-11-21-66-31-41-76-86(77-42-32-67-22-12-57-2)52-88(80-45-35-70-25-15-60-5,81-46-36-71-26-16-61-6)54-90(84-49-39-74-29-19-64-9,85-50-40-75-30-20-65-10)55-89(82-47-37-72-27-17-62-7,83-48-38-73-28-18-63-8)53-87(51,78-43-33-68-23-13-58-3)79-44-34-69-24-14-59-4/h51H,11-50H2,1-10H3/q+1. The van der Waals surface area contributed by atoms with Crippen LogP contribution >= 0.6 is 38.8 Å². The predicted molar refractivity (Wildman–Crippen MR) is 334 cm³/mol. The minimum atomic E-state index is -4.67. The third-order valence-electron chi connectivity index (χ3n) is 9.96. The molecule has 0 fully saturated rings. The highest BCUT2D eigenvalue weighted by Gasteiger charge is 2.42. The second kappa shape index (κ2) is 67.4. The molecule has 0 bridgehead atoms. The van der Waals surface area contributed by atoms with Gasteiger partial charge in [-0.1, -0.05) is 0 Å². The van der Waals surface area contributed by atoms with Crippen LogP contribution in [0, 0.1) is 5.16 Å². The minimum Gasteiger partial charge on any atom is -0.382 e. The lowest BCUT2D eigenvalue weighted by Crippen LogP contribution is -2.13. The van der Waals surface area contributed by atoms with Gasteiger partial charge in [0.1, 0.15) is 13.2 Å². The van der Waals surface area contributed by atoms with E-state index in [1.54, 1.807) is 71.1 Å². The fraction of sp³-hybridized carbons (Fsp3) is 1.00. The van der Waals surface area contributed by atoms with Gasteiger partial charge in [0.15, 0.2) is 0 Å². The molecule has 0 aliphatic heterocycles. The van der Waals surface area contributed by atoms with Crippen molar-refractivity contribution in [1.29, 1.82) is 5.16 Å². The summed E-state index contributed by atoms with van der Waals surface area (Å²) in [5.74, 6) is 0. The summed E-state index contributed by atoms with van der Waals surface area (Å²) in [6.07, 6.45) is 0. The minimum absolute atomic E-state index is 0.00204. The van der Waals surface area contributed by atoms with E-state index in [-0.39, 0.29) is 238 Å². The maximum Gasteiger partial charge on any atom is 0.569 e. The monoisotopic (exact) mass is 1420 g/mol. The molecule has 35 nitrogen and oxygen atoms in total. The van der Waals surface area contributed by atoms with Gasteiger partial charge in [-0.05, 0) is 0 Å². The first-order valence-corrected chi connectivity index (χ1v) is 36.6. The van der Waals surface area contributed by atoms with E-state index in [0.717, 1.165) is 0 Å². The number of nitrogens with one attached hydrogen (secondary N) is 1. The molecule has 540 valence electrons. The summed E-state index contributed by atoms with van der Waals surface area (Å²) in [4.78, 5) is 0. The van der Waals surface area contributed by atoms with Crippen molar-refractivity contribution in [2.24, 2.45) is 18.1 Å². The van der Waals surface area contributed by atoms with E-state index in [9.17, 15) is 5.16 Å². The Labute approximate surface area is 535 Å². The lowest BCUT2D eigenvalue weighted by atomic mass is 10.7. The molecule has 1 N–H and O–H groups in total. The van der Waals surface area contributed by atoms with E-state index >= 15 is 0 Å². The molecule has 40 heteroatoms. The van der Waals surface area contributed by atoms with Crippen LogP contribution in [0.5, 0.6) is 0 Å². The summed E-state index contributed by atoms with van der Waals surface area (Å²) < 4.78 is 198. The van der Waals surface area contributed by atoms with Crippen LogP contribution in [-0.2, 0) is 140 Å². The fourth-order valence-electron chi connectivity index (χ4n) is 5.70. The number of methoxy groups -OCH3 is 10. The molecule has 0 aromatic carbocycles. The SMILES string of the molecule is COCCOCCO[P+](=NP(=NP(=NP(=NP(=N)(OCCOCCOC)OCCOCCOC)(OCCOCCOC)OCCOCCOC)(OCCOCCOC)OCCOCCOC)(OCCOCCOC)OCCOCCOC)OCCOCCOC. The highest BCUT2D eigenvalue weighted by Crippen LogP contribution is 2.76. The van der Waals surface area contributed by atoms with Gasteiger partial charge < -0.3 is 131 Å². The summed E-state index contributed by atoms with van der Waals surface area (Å²) in [5.41, 5.74) is 0. The first-order valence-electron chi connectivity index (χ1n) is 29.3. The fourth-order valence-corrected chi connectivity index (χ4v) is 18.0. The average Bonchev–Trinajstić information content (AvgIpc) is 0.814.